The zero-order chi connectivity index (χ0) is 15.6. The number of amides is 3. The summed E-state index contributed by atoms with van der Waals surface area (Å²) in [6.45, 7) is 2.97. The van der Waals surface area contributed by atoms with Crippen molar-refractivity contribution in [3.05, 3.63) is 17.5 Å². The summed E-state index contributed by atoms with van der Waals surface area (Å²) in [5, 5.41) is 6.72. The number of carbonyl (C=O) groups is 3. The molecule has 1 saturated heterocycles. The van der Waals surface area contributed by atoms with Crippen LogP contribution in [0.15, 0.2) is 6.20 Å². The first-order valence-electron chi connectivity index (χ1n) is 6.79. The minimum atomic E-state index is -0.790. The summed E-state index contributed by atoms with van der Waals surface area (Å²) < 4.78 is 1.70. The molecule has 1 atom stereocenters. The normalized spacial score (nSPS) is 18.4. The Labute approximate surface area is 122 Å². The zero-order valence-corrected chi connectivity index (χ0v) is 12.1. The molecule has 0 saturated carbocycles. The van der Waals surface area contributed by atoms with Gasteiger partial charge in [0.15, 0.2) is 0 Å². The van der Waals surface area contributed by atoms with Crippen LogP contribution in [0.25, 0.3) is 0 Å². The summed E-state index contributed by atoms with van der Waals surface area (Å²) in [6, 6.07) is -0.790. The van der Waals surface area contributed by atoms with Crippen molar-refractivity contribution in [3.8, 4) is 0 Å². The van der Waals surface area contributed by atoms with Crippen molar-refractivity contribution in [1.29, 1.82) is 0 Å². The molecule has 2 heterocycles. The van der Waals surface area contributed by atoms with Gasteiger partial charge in [0, 0.05) is 19.3 Å². The van der Waals surface area contributed by atoms with Gasteiger partial charge in [-0.05, 0) is 19.9 Å². The van der Waals surface area contributed by atoms with Crippen molar-refractivity contribution < 1.29 is 14.4 Å². The summed E-state index contributed by atoms with van der Waals surface area (Å²) >= 11 is 0. The molecule has 0 radical (unpaired) electrons. The number of rotatable bonds is 5. The number of nitrogens with two attached hydrogens (primary N) is 1. The Hall–Kier alpha value is -2.22. The molecule has 1 aromatic rings. The monoisotopic (exact) mass is 293 g/mol. The fourth-order valence-corrected chi connectivity index (χ4v) is 2.24. The first kappa shape index (κ1) is 15.2. The number of nitrogens with one attached hydrogen (secondary N) is 1. The number of carbonyl (C=O) groups excluding carboxylic acids is 3. The Morgan fingerprint density at radius 2 is 2.24 bits per heavy atom. The standard InChI is InChI=1S/C13H19N5O3/c1-8-9(7-15-18(8)5-3-4-14)12(20)16-10-6-11(19)17(2)13(10)21/h7,10H,3-6,14H2,1-2H3,(H,16,20). The Morgan fingerprint density at radius 3 is 2.81 bits per heavy atom. The first-order valence-corrected chi connectivity index (χ1v) is 6.79. The molecule has 1 unspecified atom stereocenters. The Balaban J connectivity index is 2.06. The Kier molecular flexibility index (Phi) is 4.37. The molecule has 0 spiro atoms. The molecule has 2 rings (SSSR count). The topological polar surface area (TPSA) is 110 Å². The van der Waals surface area contributed by atoms with Gasteiger partial charge in [0.2, 0.25) is 5.91 Å². The average molecular weight is 293 g/mol. The van der Waals surface area contributed by atoms with Crippen LogP contribution in [0.3, 0.4) is 0 Å². The number of hydrogen-bond acceptors (Lipinski definition) is 5. The minimum Gasteiger partial charge on any atom is -0.340 e. The van der Waals surface area contributed by atoms with E-state index in [0.29, 0.717) is 24.3 Å². The van der Waals surface area contributed by atoms with E-state index in [0.717, 1.165) is 11.3 Å². The molecular formula is C13H19N5O3. The van der Waals surface area contributed by atoms with E-state index >= 15 is 0 Å². The van der Waals surface area contributed by atoms with Crippen LogP contribution in [0, 0.1) is 6.92 Å². The van der Waals surface area contributed by atoms with Gasteiger partial charge in [-0.3, -0.25) is 24.0 Å². The minimum absolute atomic E-state index is 0.00142. The Bertz CT molecular complexity index is 580. The predicted molar refractivity (Wildman–Crippen MR) is 74.3 cm³/mol. The summed E-state index contributed by atoms with van der Waals surface area (Å²) in [7, 11) is 1.41. The number of aryl methyl sites for hydroxylation is 1. The second-order valence-electron chi connectivity index (χ2n) is 5.03. The van der Waals surface area contributed by atoms with Crippen LogP contribution in [0.2, 0.25) is 0 Å². The second-order valence-corrected chi connectivity index (χ2v) is 5.03. The van der Waals surface area contributed by atoms with E-state index in [1.165, 1.54) is 13.2 Å². The lowest BCUT2D eigenvalue weighted by Gasteiger charge is -2.11. The molecule has 3 N–H and O–H groups in total. The van der Waals surface area contributed by atoms with Crippen LogP contribution in [0.4, 0.5) is 0 Å². The van der Waals surface area contributed by atoms with E-state index < -0.39 is 11.9 Å². The predicted octanol–water partition coefficient (Wildman–Crippen LogP) is -0.973. The molecule has 21 heavy (non-hydrogen) atoms. The highest BCUT2D eigenvalue weighted by molar-refractivity contribution is 6.08. The van der Waals surface area contributed by atoms with Gasteiger partial charge in [-0.2, -0.15) is 5.10 Å². The zero-order valence-electron chi connectivity index (χ0n) is 12.1. The van der Waals surface area contributed by atoms with E-state index in [1.54, 1.807) is 11.6 Å². The summed E-state index contributed by atoms with van der Waals surface area (Å²) in [4.78, 5) is 36.4. The van der Waals surface area contributed by atoms with Gasteiger partial charge in [-0.15, -0.1) is 0 Å². The third kappa shape index (κ3) is 2.94. The molecular weight excluding hydrogens is 274 g/mol. The van der Waals surface area contributed by atoms with Crippen molar-refractivity contribution in [1.82, 2.24) is 20.0 Å². The lowest BCUT2D eigenvalue weighted by molar-refractivity contribution is -0.137. The molecule has 1 aliphatic heterocycles. The molecule has 0 bridgehead atoms. The maximum atomic E-state index is 12.2. The van der Waals surface area contributed by atoms with Gasteiger partial charge in [0.05, 0.1) is 18.2 Å². The molecule has 1 aromatic heterocycles. The smallest absolute Gasteiger partial charge is 0.255 e. The van der Waals surface area contributed by atoms with Crippen LogP contribution < -0.4 is 11.1 Å². The van der Waals surface area contributed by atoms with Gasteiger partial charge in [-0.1, -0.05) is 0 Å². The number of hydrogen-bond donors (Lipinski definition) is 2. The summed E-state index contributed by atoms with van der Waals surface area (Å²) in [5.74, 6) is -1.07. The van der Waals surface area contributed by atoms with Crippen molar-refractivity contribution >= 4 is 17.7 Å². The summed E-state index contributed by atoms with van der Waals surface area (Å²) in [5.41, 5.74) is 6.57. The third-order valence-corrected chi connectivity index (χ3v) is 3.61. The van der Waals surface area contributed by atoms with Gasteiger partial charge < -0.3 is 11.1 Å². The van der Waals surface area contributed by atoms with E-state index in [1.807, 2.05) is 0 Å². The molecule has 1 fully saturated rings. The largest absolute Gasteiger partial charge is 0.340 e. The molecule has 0 aliphatic carbocycles. The number of nitrogens with zero attached hydrogens (tertiary/aromatic N) is 3. The molecule has 1 aliphatic rings. The van der Waals surface area contributed by atoms with E-state index in [4.69, 9.17) is 5.73 Å². The number of likely N-dealkylation sites (N-methyl/N-ethyl adjacent to an activating group) is 1. The highest BCUT2D eigenvalue weighted by Crippen LogP contribution is 2.13. The van der Waals surface area contributed by atoms with E-state index in [-0.39, 0.29) is 18.2 Å². The van der Waals surface area contributed by atoms with Crippen molar-refractivity contribution in [3.63, 3.8) is 0 Å². The van der Waals surface area contributed by atoms with Gasteiger partial charge in [-0.25, -0.2) is 0 Å². The SMILES string of the molecule is Cc1c(C(=O)NC2CC(=O)N(C)C2=O)cnn1CCCN. The average Bonchev–Trinajstić information content (AvgIpc) is 2.93. The van der Waals surface area contributed by atoms with Crippen LogP contribution in [0.5, 0.6) is 0 Å². The van der Waals surface area contributed by atoms with Crippen LogP contribution in [-0.4, -0.2) is 52.0 Å². The highest BCUT2D eigenvalue weighted by Gasteiger charge is 2.37. The third-order valence-electron chi connectivity index (χ3n) is 3.61. The summed E-state index contributed by atoms with van der Waals surface area (Å²) in [6.07, 6.45) is 2.23. The Morgan fingerprint density at radius 1 is 1.52 bits per heavy atom. The number of imide groups is 1. The molecule has 3 amide bonds. The first-order chi connectivity index (χ1) is 9.95. The van der Waals surface area contributed by atoms with Crippen LogP contribution in [0.1, 0.15) is 28.9 Å². The number of aromatic nitrogens is 2. The van der Waals surface area contributed by atoms with Crippen LogP contribution in [-0.2, 0) is 16.1 Å². The van der Waals surface area contributed by atoms with E-state index in [2.05, 4.69) is 10.4 Å². The lowest BCUT2D eigenvalue weighted by atomic mass is 10.2. The van der Waals surface area contributed by atoms with Crippen molar-refractivity contribution in [2.75, 3.05) is 13.6 Å². The fraction of sp³-hybridized carbons (Fsp3) is 0.538. The molecule has 8 nitrogen and oxygen atoms in total. The quantitative estimate of drug-likeness (QED) is 0.678. The second kappa shape index (κ2) is 6.04. The number of likely N-dealkylation sites (tertiary alicyclic amines) is 1. The van der Waals surface area contributed by atoms with Crippen molar-refractivity contribution in [2.45, 2.75) is 32.4 Å². The molecule has 114 valence electrons. The van der Waals surface area contributed by atoms with E-state index in [9.17, 15) is 14.4 Å². The van der Waals surface area contributed by atoms with Crippen LogP contribution >= 0.6 is 0 Å². The van der Waals surface area contributed by atoms with Gasteiger partial charge in [0.1, 0.15) is 6.04 Å². The maximum absolute atomic E-state index is 12.2. The van der Waals surface area contributed by atoms with Gasteiger partial charge >= 0.3 is 0 Å². The highest BCUT2D eigenvalue weighted by atomic mass is 16.2. The van der Waals surface area contributed by atoms with Crippen molar-refractivity contribution in [2.24, 2.45) is 5.73 Å². The van der Waals surface area contributed by atoms with Gasteiger partial charge in [0.25, 0.3) is 11.8 Å². The lowest BCUT2D eigenvalue weighted by Crippen LogP contribution is -2.40. The molecule has 8 heteroatoms. The molecule has 0 aromatic carbocycles. The fourth-order valence-electron chi connectivity index (χ4n) is 2.24. The maximum Gasteiger partial charge on any atom is 0.255 e.